The Morgan fingerprint density at radius 2 is 2.20 bits per heavy atom. The van der Waals surface area contributed by atoms with Crippen LogP contribution in [0, 0.1) is 0 Å². The van der Waals surface area contributed by atoms with Crippen LogP contribution in [0.4, 0.5) is 0 Å². The van der Waals surface area contributed by atoms with E-state index in [1.54, 1.807) is 11.3 Å². The molecule has 15 heavy (non-hydrogen) atoms. The summed E-state index contributed by atoms with van der Waals surface area (Å²) in [4.78, 5) is 4.60. The lowest BCUT2D eigenvalue weighted by molar-refractivity contribution is 0.857. The Balaban J connectivity index is 2.43. The molecule has 0 radical (unpaired) electrons. The second kappa shape index (κ2) is 4.29. The highest BCUT2D eigenvalue weighted by atomic mass is 32.1. The zero-order valence-electron chi connectivity index (χ0n) is 9.16. The van der Waals surface area contributed by atoms with E-state index in [-0.39, 0.29) is 0 Å². The third-order valence-corrected chi connectivity index (χ3v) is 3.72. The fourth-order valence-electron chi connectivity index (χ4n) is 1.56. The van der Waals surface area contributed by atoms with Crippen LogP contribution in [-0.4, -0.2) is 11.5 Å². The van der Waals surface area contributed by atoms with Crippen LogP contribution in [0.25, 0.3) is 10.2 Å². The fraction of sp³-hybridized carbons (Fsp3) is 0.417. The van der Waals surface area contributed by atoms with Gasteiger partial charge in [-0.25, -0.2) is 4.98 Å². The second-order valence-corrected chi connectivity index (χ2v) is 5.11. The zero-order chi connectivity index (χ0) is 10.8. The van der Waals surface area contributed by atoms with Gasteiger partial charge in [0.25, 0.3) is 0 Å². The van der Waals surface area contributed by atoms with Crippen molar-refractivity contribution in [1.29, 1.82) is 0 Å². The predicted molar refractivity (Wildman–Crippen MR) is 66.5 cm³/mol. The summed E-state index contributed by atoms with van der Waals surface area (Å²) in [6.07, 6.45) is 0.949. The first kappa shape index (κ1) is 10.6. The molecule has 1 aromatic carbocycles. The van der Waals surface area contributed by atoms with Crippen LogP contribution in [0.1, 0.15) is 30.3 Å². The van der Waals surface area contributed by atoms with E-state index in [2.05, 4.69) is 37.0 Å². The molecule has 2 aromatic rings. The smallest absolute Gasteiger partial charge is 0.0963 e. The Hall–Kier alpha value is -0.930. The van der Waals surface area contributed by atoms with Gasteiger partial charge in [-0.1, -0.05) is 19.9 Å². The lowest BCUT2D eigenvalue weighted by atomic mass is 10.1. The van der Waals surface area contributed by atoms with Gasteiger partial charge >= 0.3 is 0 Å². The van der Waals surface area contributed by atoms with Crippen molar-refractivity contribution in [3.05, 3.63) is 28.8 Å². The summed E-state index contributed by atoms with van der Waals surface area (Å²) in [6, 6.07) is 6.44. The molecule has 0 fully saturated rings. The van der Waals surface area contributed by atoms with E-state index in [4.69, 9.17) is 5.73 Å². The van der Waals surface area contributed by atoms with Crippen molar-refractivity contribution < 1.29 is 0 Å². The van der Waals surface area contributed by atoms with Gasteiger partial charge in [0.05, 0.1) is 15.2 Å². The van der Waals surface area contributed by atoms with E-state index in [1.165, 1.54) is 15.3 Å². The lowest BCUT2D eigenvalue weighted by Crippen LogP contribution is -2.02. The van der Waals surface area contributed by atoms with Crippen molar-refractivity contribution >= 4 is 21.6 Å². The number of thiazole rings is 1. The molecule has 0 aliphatic heterocycles. The monoisotopic (exact) mass is 220 g/mol. The minimum absolute atomic E-state index is 0.514. The summed E-state index contributed by atoms with van der Waals surface area (Å²) in [5.41, 5.74) is 7.97. The summed E-state index contributed by atoms with van der Waals surface area (Å²) in [6.45, 7) is 5.07. The highest BCUT2D eigenvalue weighted by molar-refractivity contribution is 7.18. The molecule has 0 unspecified atom stereocenters. The van der Waals surface area contributed by atoms with Gasteiger partial charge in [0.1, 0.15) is 0 Å². The molecule has 0 saturated carbocycles. The molecular formula is C12H16N2S. The number of hydrogen-bond donors (Lipinski definition) is 1. The molecule has 2 rings (SSSR count). The maximum absolute atomic E-state index is 5.55. The van der Waals surface area contributed by atoms with Crippen LogP contribution in [-0.2, 0) is 6.42 Å². The van der Waals surface area contributed by atoms with Gasteiger partial charge < -0.3 is 5.73 Å². The van der Waals surface area contributed by atoms with Crippen LogP contribution in [0.3, 0.4) is 0 Å². The predicted octanol–water partition coefficient (Wildman–Crippen LogP) is 2.92. The Bertz CT molecular complexity index is 460. The van der Waals surface area contributed by atoms with Crippen LogP contribution < -0.4 is 5.73 Å². The fourth-order valence-corrected chi connectivity index (χ4v) is 2.59. The summed E-state index contributed by atoms with van der Waals surface area (Å²) >= 11 is 1.79. The van der Waals surface area contributed by atoms with Crippen molar-refractivity contribution in [1.82, 2.24) is 4.98 Å². The Kier molecular flexibility index (Phi) is 3.03. The standard InChI is InChI=1S/C12H16N2S/c1-8(2)12-14-10-4-3-9(5-6-13)7-11(10)15-12/h3-4,7-8H,5-6,13H2,1-2H3. The van der Waals surface area contributed by atoms with Crippen molar-refractivity contribution in [2.24, 2.45) is 5.73 Å². The Labute approximate surface area is 94.1 Å². The number of nitrogens with two attached hydrogens (primary N) is 1. The van der Waals surface area contributed by atoms with Crippen LogP contribution >= 0.6 is 11.3 Å². The molecule has 0 bridgehead atoms. The lowest BCUT2D eigenvalue weighted by Gasteiger charge is -1.96. The highest BCUT2D eigenvalue weighted by Gasteiger charge is 2.07. The van der Waals surface area contributed by atoms with Gasteiger partial charge in [-0.3, -0.25) is 0 Å². The van der Waals surface area contributed by atoms with Gasteiger partial charge in [0.15, 0.2) is 0 Å². The van der Waals surface area contributed by atoms with Crippen LogP contribution in [0.2, 0.25) is 0 Å². The molecule has 0 spiro atoms. The molecular weight excluding hydrogens is 204 g/mol. The largest absolute Gasteiger partial charge is 0.330 e. The van der Waals surface area contributed by atoms with E-state index < -0.39 is 0 Å². The summed E-state index contributed by atoms with van der Waals surface area (Å²) in [5, 5.41) is 1.22. The molecule has 1 heterocycles. The molecule has 2 N–H and O–H groups in total. The van der Waals surface area contributed by atoms with Crippen molar-refractivity contribution in [2.75, 3.05) is 6.54 Å². The summed E-state index contributed by atoms with van der Waals surface area (Å²) in [7, 11) is 0. The SMILES string of the molecule is CC(C)c1nc2ccc(CCN)cc2s1. The molecule has 0 saturated heterocycles. The van der Waals surface area contributed by atoms with Crippen molar-refractivity contribution in [3.63, 3.8) is 0 Å². The topological polar surface area (TPSA) is 38.9 Å². The average molecular weight is 220 g/mol. The number of hydrogen-bond acceptors (Lipinski definition) is 3. The first-order valence-corrected chi connectivity index (χ1v) is 6.12. The molecule has 3 heteroatoms. The van der Waals surface area contributed by atoms with Gasteiger partial charge in [-0.2, -0.15) is 0 Å². The third-order valence-electron chi connectivity index (χ3n) is 2.40. The normalized spacial score (nSPS) is 11.5. The van der Waals surface area contributed by atoms with Gasteiger partial charge in [-0.15, -0.1) is 11.3 Å². The van der Waals surface area contributed by atoms with E-state index in [0.29, 0.717) is 12.5 Å². The zero-order valence-corrected chi connectivity index (χ0v) is 9.97. The maximum Gasteiger partial charge on any atom is 0.0963 e. The number of aromatic nitrogens is 1. The minimum Gasteiger partial charge on any atom is -0.330 e. The number of rotatable bonds is 3. The number of fused-ring (bicyclic) bond motifs is 1. The summed E-state index contributed by atoms with van der Waals surface area (Å²) in [5.74, 6) is 0.514. The average Bonchev–Trinajstić information content (AvgIpc) is 2.61. The van der Waals surface area contributed by atoms with Gasteiger partial charge in [-0.05, 0) is 30.7 Å². The summed E-state index contributed by atoms with van der Waals surface area (Å²) < 4.78 is 1.28. The van der Waals surface area contributed by atoms with Crippen molar-refractivity contribution in [2.45, 2.75) is 26.2 Å². The van der Waals surface area contributed by atoms with Crippen molar-refractivity contribution in [3.8, 4) is 0 Å². The van der Waals surface area contributed by atoms with E-state index in [0.717, 1.165) is 11.9 Å². The van der Waals surface area contributed by atoms with Crippen LogP contribution in [0.15, 0.2) is 18.2 Å². The third kappa shape index (κ3) is 2.19. The second-order valence-electron chi connectivity index (χ2n) is 4.05. The first-order valence-electron chi connectivity index (χ1n) is 5.30. The Morgan fingerprint density at radius 1 is 1.40 bits per heavy atom. The van der Waals surface area contributed by atoms with Gasteiger partial charge in [0, 0.05) is 5.92 Å². The molecule has 2 nitrogen and oxygen atoms in total. The van der Waals surface area contributed by atoms with Gasteiger partial charge in [0.2, 0.25) is 0 Å². The molecule has 80 valence electrons. The minimum atomic E-state index is 0.514. The number of nitrogens with zero attached hydrogens (tertiary/aromatic N) is 1. The molecule has 0 atom stereocenters. The quantitative estimate of drug-likeness (QED) is 0.863. The van der Waals surface area contributed by atoms with E-state index >= 15 is 0 Å². The van der Waals surface area contributed by atoms with E-state index in [1.807, 2.05) is 0 Å². The molecule has 1 aromatic heterocycles. The maximum atomic E-state index is 5.55. The van der Waals surface area contributed by atoms with Crippen LogP contribution in [0.5, 0.6) is 0 Å². The molecule has 0 aliphatic carbocycles. The Morgan fingerprint density at radius 3 is 2.87 bits per heavy atom. The molecule has 0 amide bonds. The number of benzene rings is 1. The first-order chi connectivity index (χ1) is 7.20. The van der Waals surface area contributed by atoms with E-state index in [9.17, 15) is 0 Å². The molecule has 0 aliphatic rings. The highest BCUT2D eigenvalue weighted by Crippen LogP contribution is 2.27.